The number of benzene rings is 2. The van der Waals surface area contributed by atoms with Gasteiger partial charge in [-0.05, 0) is 47.9 Å². The van der Waals surface area contributed by atoms with Crippen LogP contribution in [0.2, 0.25) is 0 Å². The van der Waals surface area contributed by atoms with Gasteiger partial charge in [0.2, 0.25) is 0 Å². The van der Waals surface area contributed by atoms with Gasteiger partial charge in [-0.15, -0.1) is 0 Å². The molecule has 0 atom stereocenters. The van der Waals surface area contributed by atoms with Crippen LogP contribution in [-0.4, -0.2) is 30.6 Å². The van der Waals surface area contributed by atoms with E-state index in [0.29, 0.717) is 25.3 Å². The Morgan fingerprint density at radius 1 is 1.04 bits per heavy atom. The minimum absolute atomic E-state index is 0.0619. The fourth-order valence-electron chi connectivity index (χ4n) is 3.07. The van der Waals surface area contributed by atoms with Crippen LogP contribution in [0.3, 0.4) is 0 Å². The molecule has 0 saturated heterocycles. The lowest BCUT2D eigenvalue weighted by molar-refractivity contribution is 0.0734. The minimum atomic E-state index is 0.0619. The normalized spacial score (nSPS) is 16.0. The smallest absolute Gasteiger partial charge is 0.254 e. The number of hydrogen-bond acceptors (Lipinski definition) is 3. The lowest BCUT2D eigenvalue weighted by atomic mass is 9.98. The molecule has 23 heavy (non-hydrogen) atoms. The van der Waals surface area contributed by atoms with Crippen molar-refractivity contribution in [3.63, 3.8) is 0 Å². The summed E-state index contributed by atoms with van der Waals surface area (Å²) in [6.45, 7) is 2.50. The topological polar surface area (TPSA) is 38.8 Å². The monoisotopic (exact) mass is 373 g/mol. The highest BCUT2D eigenvalue weighted by molar-refractivity contribution is 9.10. The van der Waals surface area contributed by atoms with E-state index in [0.717, 1.165) is 34.5 Å². The molecule has 2 aliphatic rings. The van der Waals surface area contributed by atoms with E-state index in [4.69, 9.17) is 9.47 Å². The van der Waals surface area contributed by atoms with Crippen LogP contribution in [-0.2, 0) is 13.0 Å². The van der Waals surface area contributed by atoms with Gasteiger partial charge in [0.25, 0.3) is 5.91 Å². The molecule has 0 saturated carbocycles. The van der Waals surface area contributed by atoms with E-state index in [9.17, 15) is 4.79 Å². The van der Waals surface area contributed by atoms with Gasteiger partial charge >= 0.3 is 0 Å². The van der Waals surface area contributed by atoms with Crippen LogP contribution in [0.25, 0.3) is 0 Å². The highest BCUT2D eigenvalue weighted by Gasteiger charge is 2.24. The Kier molecular flexibility index (Phi) is 3.73. The minimum Gasteiger partial charge on any atom is -0.486 e. The molecule has 4 rings (SSSR count). The molecule has 2 aromatic carbocycles. The number of rotatable bonds is 1. The van der Waals surface area contributed by atoms with Crippen LogP contribution in [0.4, 0.5) is 0 Å². The summed E-state index contributed by atoms with van der Waals surface area (Å²) in [4.78, 5) is 14.6. The van der Waals surface area contributed by atoms with Crippen LogP contribution >= 0.6 is 15.9 Å². The zero-order chi connectivity index (χ0) is 15.8. The van der Waals surface area contributed by atoms with Crippen LogP contribution in [0.5, 0.6) is 11.5 Å². The summed E-state index contributed by atoms with van der Waals surface area (Å²) in [6.07, 6.45) is 0.839. The second-order valence-corrected chi connectivity index (χ2v) is 6.67. The van der Waals surface area contributed by atoms with Crippen LogP contribution in [0, 0.1) is 0 Å². The van der Waals surface area contributed by atoms with Crippen molar-refractivity contribution < 1.29 is 14.3 Å². The van der Waals surface area contributed by atoms with Crippen LogP contribution in [0.15, 0.2) is 40.9 Å². The average molecular weight is 374 g/mol. The predicted molar refractivity (Wildman–Crippen MR) is 90.0 cm³/mol. The number of ether oxygens (including phenoxy) is 2. The summed E-state index contributed by atoms with van der Waals surface area (Å²) >= 11 is 3.42. The first kappa shape index (κ1) is 14.6. The zero-order valence-corrected chi connectivity index (χ0v) is 14.1. The molecule has 0 bridgehead atoms. The Hall–Kier alpha value is -2.01. The van der Waals surface area contributed by atoms with E-state index in [1.165, 1.54) is 5.56 Å². The summed E-state index contributed by atoms with van der Waals surface area (Å²) in [5.74, 6) is 1.67. The van der Waals surface area contributed by atoms with Gasteiger partial charge in [0, 0.05) is 23.1 Å². The third-order valence-electron chi connectivity index (χ3n) is 4.24. The zero-order valence-electron chi connectivity index (χ0n) is 12.5. The number of hydrogen-bond donors (Lipinski definition) is 0. The van der Waals surface area contributed by atoms with Gasteiger partial charge in [-0.2, -0.15) is 0 Å². The van der Waals surface area contributed by atoms with Crippen molar-refractivity contribution in [2.45, 2.75) is 13.0 Å². The maximum atomic E-state index is 12.7. The van der Waals surface area contributed by atoms with Crippen molar-refractivity contribution in [2.24, 2.45) is 0 Å². The first-order valence-electron chi connectivity index (χ1n) is 7.67. The maximum Gasteiger partial charge on any atom is 0.254 e. The second kappa shape index (κ2) is 5.89. The summed E-state index contributed by atoms with van der Waals surface area (Å²) in [5, 5.41) is 0. The first-order valence-corrected chi connectivity index (χ1v) is 8.46. The number of amides is 1. The summed E-state index contributed by atoms with van der Waals surface area (Å²) < 4.78 is 12.2. The van der Waals surface area contributed by atoms with E-state index < -0.39 is 0 Å². The molecule has 2 aliphatic heterocycles. The predicted octanol–water partition coefficient (Wildman–Crippen LogP) is 3.42. The molecule has 2 aromatic rings. The van der Waals surface area contributed by atoms with E-state index in [2.05, 4.69) is 22.0 Å². The van der Waals surface area contributed by atoms with Gasteiger partial charge < -0.3 is 14.4 Å². The van der Waals surface area contributed by atoms with Gasteiger partial charge in [0.1, 0.15) is 13.2 Å². The molecule has 0 aromatic heterocycles. The van der Waals surface area contributed by atoms with E-state index in [-0.39, 0.29) is 5.91 Å². The average Bonchev–Trinajstić information content (AvgIpc) is 2.59. The Morgan fingerprint density at radius 2 is 1.78 bits per heavy atom. The second-order valence-electron chi connectivity index (χ2n) is 5.75. The number of fused-ring (bicyclic) bond motifs is 2. The molecule has 5 heteroatoms. The highest BCUT2D eigenvalue weighted by atomic mass is 79.9. The SMILES string of the molecule is O=C(c1cccc(Br)c1)N1CCc2cc3c(cc2C1)OCCO3. The fraction of sp³-hybridized carbons (Fsp3) is 0.278. The van der Waals surface area contributed by atoms with Gasteiger partial charge in [-0.1, -0.05) is 22.0 Å². The lowest BCUT2D eigenvalue weighted by Gasteiger charge is -2.30. The van der Waals surface area contributed by atoms with Gasteiger partial charge in [-0.25, -0.2) is 0 Å². The molecule has 0 radical (unpaired) electrons. The molecule has 118 valence electrons. The summed E-state index contributed by atoms with van der Waals surface area (Å²) in [7, 11) is 0. The molecule has 0 spiro atoms. The summed E-state index contributed by atoms with van der Waals surface area (Å²) in [5.41, 5.74) is 3.09. The van der Waals surface area contributed by atoms with Crippen molar-refractivity contribution >= 4 is 21.8 Å². The van der Waals surface area contributed by atoms with Gasteiger partial charge in [0.05, 0.1) is 0 Å². The van der Waals surface area contributed by atoms with Gasteiger partial charge in [-0.3, -0.25) is 4.79 Å². The Bertz CT molecular complexity index is 775. The molecular formula is C18H16BrNO3. The highest BCUT2D eigenvalue weighted by Crippen LogP contribution is 2.35. The van der Waals surface area contributed by atoms with Crippen molar-refractivity contribution in [1.82, 2.24) is 4.90 Å². The maximum absolute atomic E-state index is 12.7. The number of carbonyl (C=O) groups excluding carboxylic acids is 1. The quantitative estimate of drug-likeness (QED) is 0.768. The molecule has 2 heterocycles. The van der Waals surface area contributed by atoms with Crippen molar-refractivity contribution in [2.75, 3.05) is 19.8 Å². The lowest BCUT2D eigenvalue weighted by Crippen LogP contribution is -2.36. The largest absolute Gasteiger partial charge is 0.486 e. The Morgan fingerprint density at radius 3 is 2.52 bits per heavy atom. The molecule has 0 unspecified atom stereocenters. The van der Waals surface area contributed by atoms with E-state index in [1.807, 2.05) is 35.2 Å². The van der Waals surface area contributed by atoms with Crippen LogP contribution < -0.4 is 9.47 Å². The fourth-order valence-corrected chi connectivity index (χ4v) is 3.47. The third-order valence-corrected chi connectivity index (χ3v) is 4.73. The Balaban J connectivity index is 1.60. The molecule has 0 N–H and O–H groups in total. The number of nitrogens with zero attached hydrogens (tertiary/aromatic N) is 1. The first-order chi connectivity index (χ1) is 11.2. The number of carbonyl (C=O) groups is 1. The van der Waals surface area contributed by atoms with Crippen molar-refractivity contribution in [3.8, 4) is 11.5 Å². The molecular weight excluding hydrogens is 358 g/mol. The van der Waals surface area contributed by atoms with Crippen molar-refractivity contribution in [3.05, 3.63) is 57.6 Å². The number of halogens is 1. The van der Waals surface area contributed by atoms with Gasteiger partial charge in [0.15, 0.2) is 11.5 Å². The molecule has 4 nitrogen and oxygen atoms in total. The van der Waals surface area contributed by atoms with Crippen LogP contribution in [0.1, 0.15) is 21.5 Å². The standard InChI is InChI=1S/C18H16BrNO3/c19-15-3-1-2-13(8-15)18(21)20-5-4-12-9-16-17(10-14(12)11-20)23-7-6-22-16/h1-3,8-10H,4-7,11H2. The summed E-state index contributed by atoms with van der Waals surface area (Å²) in [6, 6.07) is 11.6. The van der Waals surface area contributed by atoms with Crippen molar-refractivity contribution in [1.29, 1.82) is 0 Å². The Labute approximate surface area is 143 Å². The van der Waals surface area contributed by atoms with E-state index in [1.54, 1.807) is 0 Å². The molecule has 0 aliphatic carbocycles. The molecule has 1 amide bonds. The third kappa shape index (κ3) is 2.81. The molecule has 0 fully saturated rings. The van der Waals surface area contributed by atoms with E-state index >= 15 is 0 Å².